The predicted molar refractivity (Wildman–Crippen MR) is 82.3 cm³/mol. The molecule has 0 saturated carbocycles. The molecule has 0 bridgehead atoms. The van der Waals surface area contributed by atoms with Crippen molar-refractivity contribution in [2.45, 2.75) is 19.8 Å². The molecule has 0 unspecified atom stereocenters. The summed E-state index contributed by atoms with van der Waals surface area (Å²) < 4.78 is 5.30. The maximum atomic E-state index is 12.2. The third-order valence-electron chi connectivity index (χ3n) is 3.54. The van der Waals surface area contributed by atoms with Crippen molar-refractivity contribution in [1.82, 2.24) is 15.2 Å². The zero-order valence-electron chi connectivity index (χ0n) is 12.8. The number of aromatic nitrogens is 1. The molecule has 1 amide bonds. The summed E-state index contributed by atoms with van der Waals surface area (Å²) in [5, 5.41) is 2.93. The Labute approximate surface area is 125 Å². The van der Waals surface area contributed by atoms with Crippen molar-refractivity contribution >= 4 is 11.7 Å². The Kier molecular flexibility index (Phi) is 5.52. The van der Waals surface area contributed by atoms with E-state index in [1.54, 1.807) is 6.07 Å². The van der Waals surface area contributed by atoms with E-state index in [1.165, 1.54) is 0 Å². The van der Waals surface area contributed by atoms with Crippen LogP contribution >= 0.6 is 0 Å². The molecule has 116 valence electrons. The summed E-state index contributed by atoms with van der Waals surface area (Å²) in [7, 11) is 0. The number of anilines is 1. The van der Waals surface area contributed by atoms with Crippen molar-refractivity contribution in [1.29, 1.82) is 0 Å². The highest BCUT2D eigenvalue weighted by atomic mass is 16.5. The lowest BCUT2D eigenvalue weighted by atomic mass is 10.1. The molecule has 1 saturated heterocycles. The third kappa shape index (κ3) is 4.68. The van der Waals surface area contributed by atoms with E-state index >= 15 is 0 Å². The molecule has 0 aromatic carbocycles. The standard InChI is InChI=1S/C15H24N4O2/c1-11(2)13-9-12(10-14(16)18-13)15(20)17-3-4-19-5-7-21-8-6-19/h9-11H,3-8H2,1-2H3,(H2,16,18)(H,17,20). The Morgan fingerprint density at radius 3 is 2.81 bits per heavy atom. The number of nitrogens with one attached hydrogen (secondary N) is 1. The van der Waals surface area contributed by atoms with Gasteiger partial charge in [0.1, 0.15) is 5.82 Å². The van der Waals surface area contributed by atoms with Crippen LogP contribution < -0.4 is 11.1 Å². The zero-order chi connectivity index (χ0) is 15.2. The topological polar surface area (TPSA) is 80.5 Å². The molecule has 1 aromatic rings. The minimum atomic E-state index is -0.0979. The van der Waals surface area contributed by atoms with E-state index in [0.29, 0.717) is 17.9 Å². The van der Waals surface area contributed by atoms with Crippen LogP contribution in [0.4, 0.5) is 5.82 Å². The number of nitrogens with two attached hydrogens (primary N) is 1. The van der Waals surface area contributed by atoms with Gasteiger partial charge in [0.15, 0.2) is 0 Å². The van der Waals surface area contributed by atoms with Crippen LogP contribution in [0.15, 0.2) is 12.1 Å². The molecule has 1 aliphatic rings. The number of hydrogen-bond donors (Lipinski definition) is 2. The summed E-state index contributed by atoms with van der Waals surface area (Å²) in [6.07, 6.45) is 0. The van der Waals surface area contributed by atoms with E-state index in [1.807, 2.05) is 19.9 Å². The molecule has 0 radical (unpaired) electrons. The quantitative estimate of drug-likeness (QED) is 0.841. The second kappa shape index (κ2) is 7.38. The number of amides is 1. The van der Waals surface area contributed by atoms with E-state index < -0.39 is 0 Å². The normalized spacial score (nSPS) is 16.1. The number of morpholine rings is 1. The number of carbonyl (C=O) groups excluding carboxylic acids is 1. The number of nitrogen functional groups attached to an aromatic ring is 1. The smallest absolute Gasteiger partial charge is 0.251 e. The fourth-order valence-electron chi connectivity index (χ4n) is 2.26. The van der Waals surface area contributed by atoms with Gasteiger partial charge in [0, 0.05) is 37.4 Å². The maximum absolute atomic E-state index is 12.2. The number of rotatable bonds is 5. The van der Waals surface area contributed by atoms with Gasteiger partial charge in [0.25, 0.3) is 5.91 Å². The molecule has 1 aromatic heterocycles. The van der Waals surface area contributed by atoms with Crippen molar-refractivity contribution in [2.24, 2.45) is 0 Å². The molecule has 2 rings (SSSR count). The van der Waals surface area contributed by atoms with Crippen LogP contribution in [0.5, 0.6) is 0 Å². The average molecular weight is 292 g/mol. The second-order valence-electron chi connectivity index (χ2n) is 5.57. The van der Waals surface area contributed by atoms with Gasteiger partial charge in [-0.15, -0.1) is 0 Å². The molecule has 6 heteroatoms. The first-order valence-corrected chi connectivity index (χ1v) is 7.42. The molecule has 6 nitrogen and oxygen atoms in total. The molecule has 0 aliphatic carbocycles. The van der Waals surface area contributed by atoms with Gasteiger partial charge in [-0.2, -0.15) is 0 Å². The highest BCUT2D eigenvalue weighted by Gasteiger charge is 2.13. The first-order valence-electron chi connectivity index (χ1n) is 7.42. The van der Waals surface area contributed by atoms with Crippen molar-refractivity contribution < 1.29 is 9.53 Å². The average Bonchev–Trinajstić information content (AvgIpc) is 2.47. The van der Waals surface area contributed by atoms with Gasteiger partial charge >= 0.3 is 0 Å². The number of carbonyl (C=O) groups is 1. The highest BCUT2D eigenvalue weighted by molar-refractivity contribution is 5.94. The van der Waals surface area contributed by atoms with Crippen LogP contribution in [0.2, 0.25) is 0 Å². The number of ether oxygens (including phenoxy) is 1. The van der Waals surface area contributed by atoms with E-state index in [-0.39, 0.29) is 11.8 Å². The fraction of sp³-hybridized carbons (Fsp3) is 0.600. The molecule has 0 atom stereocenters. The van der Waals surface area contributed by atoms with E-state index in [2.05, 4.69) is 15.2 Å². The molecule has 0 spiro atoms. The molecular weight excluding hydrogens is 268 g/mol. The monoisotopic (exact) mass is 292 g/mol. The van der Waals surface area contributed by atoms with Gasteiger partial charge in [-0.05, 0) is 18.1 Å². The summed E-state index contributed by atoms with van der Waals surface area (Å²) in [6.45, 7) is 8.92. The Hall–Kier alpha value is -1.66. The Bertz CT molecular complexity index is 485. The number of nitrogens with zero attached hydrogens (tertiary/aromatic N) is 2. The van der Waals surface area contributed by atoms with Gasteiger partial charge in [0.05, 0.1) is 13.2 Å². The van der Waals surface area contributed by atoms with Gasteiger partial charge in [0.2, 0.25) is 0 Å². The molecule has 1 aliphatic heterocycles. The molecular formula is C15H24N4O2. The largest absolute Gasteiger partial charge is 0.384 e. The molecule has 3 N–H and O–H groups in total. The lowest BCUT2D eigenvalue weighted by molar-refractivity contribution is 0.0383. The van der Waals surface area contributed by atoms with Crippen molar-refractivity contribution in [3.8, 4) is 0 Å². The Morgan fingerprint density at radius 1 is 1.43 bits per heavy atom. The lowest BCUT2D eigenvalue weighted by Gasteiger charge is -2.26. The van der Waals surface area contributed by atoms with Crippen molar-refractivity contribution in [3.63, 3.8) is 0 Å². The van der Waals surface area contributed by atoms with Crippen molar-refractivity contribution in [2.75, 3.05) is 45.1 Å². The van der Waals surface area contributed by atoms with Gasteiger partial charge < -0.3 is 15.8 Å². The van der Waals surface area contributed by atoms with E-state index in [0.717, 1.165) is 38.5 Å². The van der Waals surface area contributed by atoms with Gasteiger partial charge in [-0.3, -0.25) is 9.69 Å². The van der Waals surface area contributed by atoms with Gasteiger partial charge in [-0.25, -0.2) is 4.98 Å². The van der Waals surface area contributed by atoms with Crippen molar-refractivity contribution in [3.05, 3.63) is 23.4 Å². The van der Waals surface area contributed by atoms with Crippen LogP contribution in [0.25, 0.3) is 0 Å². The Balaban J connectivity index is 1.87. The van der Waals surface area contributed by atoms with E-state index in [9.17, 15) is 4.79 Å². The summed E-state index contributed by atoms with van der Waals surface area (Å²) in [5.41, 5.74) is 7.19. The SMILES string of the molecule is CC(C)c1cc(C(=O)NCCN2CCOCC2)cc(N)n1. The lowest BCUT2D eigenvalue weighted by Crippen LogP contribution is -2.41. The minimum Gasteiger partial charge on any atom is -0.384 e. The molecule has 1 fully saturated rings. The van der Waals surface area contributed by atoms with Crippen LogP contribution in [0, 0.1) is 0 Å². The molecule has 21 heavy (non-hydrogen) atoms. The van der Waals surface area contributed by atoms with Crippen LogP contribution in [0.1, 0.15) is 35.8 Å². The van der Waals surface area contributed by atoms with Crippen LogP contribution in [-0.2, 0) is 4.74 Å². The van der Waals surface area contributed by atoms with Crippen LogP contribution in [-0.4, -0.2) is 55.2 Å². The maximum Gasteiger partial charge on any atom is 0.251 e. The Morgan fingerprint density at radius 2 is 2.14 bits per heavy atom. The predicted octanol–water partition coefficient (Wildman–Crippen LogP) is 0.849. The van der Waals surface area contributed by atoms with E-state index in [4.69, 9.17) is 10.5 Å². The highest BCUT2D eigenvalue weighted by Crippen LogP contribution is 2.15. The third-order valence-corrected chi connectivity index (χ3v) is 3.54. The summed E-state index contributed by atoms with van der Waals surface area (Å²) in [5.74, 6) is 0.534. The number of pyridine rings is 1. The van der Waals surface area contributed by atoms with Gasteiger partial charge in [-0.1, -0.05) is 13.8 Å². The van der Waals surface area contributed by atoms with Crippen LogP contribution in [0.3, 0.4) is 0 Å². The summed E-state index contributed by atoms with van der Waals surface area (Å²) >= 11 is 0. The number of hydrogen-bond acceptors (Lipinski definition) is 5. The summed E-state index contributed by atoms with van der Waals surface area (Å²) in [4.78, 5) is 18.7. The first kappa shape index (κ1) is 15.7. The zero-order valence-corrected chi connectivity index (χ0v) is 12.8. The summed E-state index contributed by atoms with van der Waals surface area (Å²) in [6, 6.07) is 3.43. The first-order chi connectivity index (χ1) is 10.1. The minimum absolute atomic E-state index is 0.0979. The fourth-order valence-corrected chi connectivity index (χ4v) is 2.26. The molecule has 2 heterocycles. The second-order valence-corrected chi connectivity index (χ2v) is 5.57.